The smallest absolute Gasteiger partial charge is 0.251 e. The minimum atomic E-state index is -0.156. The van der Waals surface area contributed by atoms with E-state index in [2.05, 4.69) is 21.2 Å². The topological polar surface area (TPSA) is 94.9 Å². The van der Waals surface area contributed by atoms with Gasteiger partial charge in [0.1, 0.15) is 0 Å². The fraction of sp³-hybridized carbons (Fsp3) is 0.382. The molecule has 0 bridgehead atoms. The highest BCUT2D eigenvalue weighted by Crippen LogP contribution is 2.34. The van der Waals surface area contributed by atoms with Crippen molar-refractivity contribution in [2.45, 2.75) is 51.4 Å². The minimum absolute atomic E-state index is 0.156. The molecule has 2 aliphatic rings. The average molecular weight is 567 g/mol. The summed E-state index contributed by atoms with van der Waals surface area (Å²) in [7, 11) is 3.18. The van der Waals surface area contributed by atoms with Crippen molar-refractivity contribution >= 4 is 11.8 Å². The first-order valence-corrected chi connectivity index (χ1v) is 14.6. The summed E-state index contributed by atoms with van der Waals surface area (Å²) >= 11 is 0. The Morgan fingerprint density at radius 3 is 2.14 bits per heavy atom. The molecule has 218 valence electrons. The molecule has 3 aromatic rings. The van der Waals surface area contributed by atoms with Gasteiger partial charge in [0.05, 0.1) is 25.9 Å². The molecule has 0 unspecified atom stereocenters. The van der Waals surface area contributed by atoms with Gasteiger partial charge in [0, 0.05) is 50.2 Å². The van der Waals surface area contributed by atoms with Crippen LogP contribution in [0.5, 0.6) is 11.5 Å². The van der Waals surface area contributed by atoms with Crippen LogP contribution in [0.2, 0.25) is 0 Å². The summed E-state index contributed by atoms with van der Waals surface area (Å²) in [4.78, 5) is 30.7. The molecule has 5 rings (SSSR count). The van der Waals surface area contributed by atoms with Crippen molar-refractivity contribution in [1.82, 2.24) is 15.1 Å². The monoisotopic (exact) mass is 566 g/mol. The highest BCUT2D eigenvalue weighted by molar-refractivity contribution is 5.94. The fourth-order valence-electron chi connectivity index (χ4n) is 5.52. The van der Waals surface area contributed by atoms with E-state index in [0.29, 0.717) is 35.7 Å². The molecule has 1 aliphatic carbocycles. The van der Waals surface area contributed by atoms with Crippen molar-refractivity contribution < 1.29 is 19.1 Å². The van der Waals surface area contributed by atoms with E-state index in [0.717, 1.165) is 56.4 Å². The van der Waals surface area contributed by atoms with Crippen molar-refractivity contribution in [3.63, 3.8) is 0 Å². The third-order valence-corrected chi connectivity index (χ3v) is 8.17. The van der Waals surface area contributed by atoms with E-state index in [-0.39, 0.29) is 23.8 Å². The van der Waals surface area contributed by atoms with Gasteiger partial charge in [0.2, 0.25) is 5.91 Å². The molecule has 2 amide bonds. The van der Waals surface area contributed by atoms with Gasteiger partial charge in [-0.2, -0.15) is 5.26 Å². The van der Waals surface area contributed by atoms with Gasteiger partial charge in [-0.25, -0.2) is 0 Å². The quantitative estimate of drug-likeness (QED) is 0.355. The molecule has 0 atom stereocenters. The largest absolute Gasteiger partial charge is 0.493 e. The average Bonchev–Trinajstić information content (AvgIpc) is 3.89. The molecule has 42 heavy (non-hydrogen) atoms. The van der Waals surface area contributed by atoms with Crippen molar-refractivity contribution in [3.8, 4) is 17.6 Å². The van der Waals surface area contributed by atoms with Crippen molar-refractivity contribution in [2.24, 2.45) is 5.92 Å². The van der Waals surface area contributed by atoms with E-state index in [1.54, 1.807) is 14.2 Å². The number of rotatable bonds is 11. The summed E-state index contributed by atoms with van der Waals surface area (Å²) in [5.74, 6) is 1.53. The number of nitriles is 1. The number of carbonyl (C=O) groups is 2. The van der Waals surface area contributed by atoms with Crippen LogP contribution >= 0.6 is 0 Å². The van der Waals surface area contributed by atoms with Gasteiger partial charge in [0.25, 0.3) is 5.91 Å². The molecule has 8 heteroatoms. The first kappa shape index (κ1) is 29.2. The molecule has 2 fully saturated rings. The van der Waals surface area contributed by atoms with Gasteiger partial charge in [0.15, 0.2) is 11.5 Å². The Bertz CT molecular complexity index is 1420. The van der Waals surface area contributed by atoms with Gasteiger partial charge in [-0.05, 0) is 78.8 Å². The normalized spacial score (nSPS) is 15.5. The lowest BCUT2D eigenvalue weighted by Gasteiger charge is -2.39. The highest BCUT2D eigenvalue weighted by atomic mass is 16.5. The second-order valence-electron chi connectivity index (χ2n) is 11.1. The first-order chi connectivity index (χ1) is 20.5. The molecular weight excluding hydrogens is 528 g/mol. The van der Waals surface area contributed by atoms with E-state index in [1.165, 1.54) is 5.56 Å². The molecule has 0 radical (unpaired) electrons. The van der Waals surface area contributed by atoms with E-state index in [1.807, 2.05) is 66.7 Å². The van der Waals surface area contributed by atoms with E-state index in [4.69, 9.17) is 14.7 Å². The Hall–Kier alpha value is -4.35. The van der Waals surface area contributed by atoms with E-state index in [9.17, 15) is 9.59 Å². The van der Waals surface area contributed by atoms with Crippen LogP contribution in [0.15, 0.2) is 66.7 Å². The second kappa shape index (κ2) is 13.5. The Morgan fingerprint density at radius 2 is 1.52 bits per heavy atom. The number of hydrogen-bond donors (Lipinski definition) is 1. The minimum Gasteiger partial charge on any atom is -0.493 e. The lowest BCUT2D eigenvalue weighted by molar-refractivity contribution is -0.136. The van der Waals surface area contributed by atoms with Crippen LogP contribution < -0.4 is 14.8 Å². The molecule has 1 N–H and O–H groups in total. The molecule has 0 aromatic heterocycles. The summed E-state index contributed by atoms with van der Waals surface area (Å²) in [6.45, 7) is 3.64. The predicted molar refractivity (Wildman–Crippen MR) is 160 cm³/mol. The Morgan fingerprint density at radius 1 is 0.881 bits per heavy atom. The second-order valence-corrected chi connectivity index (χ2v) is 11.1. The van der Waals surface area contributed by atoms with Gasteiger partial charge in [-0.3, -0.25) is 14.5 Å². The highest BCUT2D eigenvalue weighted by Gasteiger charge is 2.37. The zero-order chi connectivity index (χ0) is 29.5. The lowest BCUT2D eigenvalue weighted by atomic mass is 10.00. The first-order valence-electron chi connectivity index (χ1n) is 14.6. The van der Waals surface area contributed by atoms with Crippen LogP contribution in [0.3, 0.4) is 0 Å². The summed E-state index contributed by atoms with van der Waals surface area (Å²) in [5, 5.41) is 12.0. The Balaban J connectivity index is 1.16. The van der Waals surface area contributed by atoms with Crippen LogP contribution in [0.4, 0.5) is 0 Å². The van der Waals surface area contributed by atoms with Crippen LogP contribution in [-0.2, 0) is 24.4 Å². The van der Waals surface area contributed by atoms with E-state index < -0.39 is 0 Å². The molecule has 0 spiro atoms. The Labute approximate surface area is 247 Å². The lowest BCUT2D eigenvalue weighted by Crippen LogP contribution is -2.47. The number of carbonyl (C=O) groups excluding carboxylic acids is 2. The van der Waals surface area contributed by atoms with Crippen molar-refractivity contribution in [3.05, 3.63) is 94.5 Å². The molecule has 1 heterocycles. The number of likely N-dealkylation sites (tertiary alicyclic amines) is 1. The zero-order valence-corrected chi connectivity index (χ0v) is 24.3. The van der Waals surface area contributed by atoms with Crippen LogP contribution in [-0.4, -0.2) is 55.0 Å². The molecule has 1 aliphatic heterocycles. The van der Waals surface area contributed by atoms with E-state index >= 15 is 0 Å². The fourth-order valence-corrected chi connectivity index (χ4v) is 5.52. The number of hydrogen-bond acceptors (Lipinski definition) is 6. The number of benzene rings is 3. The number of methoxy groups -OCH3 is 2. The van der Waals surface area contributed by atoms with Crippen LogP contribution in [0, 0.1) is 17.2 Å². The summed E-state index contributed by atoms with van der Waals surface area (Å²) in [5.41, 5.74) is 4.40. The van der Waals surface area contributed by atoms with Crippen LogP contribution in [0.25, 0.3) is 0 Å². The predicted octanol–water partition coefficient (Wildman–Crippen LogP) is 4.91. The maximum atomic E-state index is 13.3. The number of ether oxygens (including phenoxy) is 2. The summed E-state index contributed by atoms with van der Waals surface area (Å²) in [6.07, 6.45) is 3.83. The standard InChI is InChI=1S/C34H38N4O4/c1-41-31-14-9-27(19-32(31)42-2)21-36-33(39)28-10-7-26(8-11-28)23-38(34(40)29-12-13-29)30-15-17-37(18-16-30)22-25-5-3-24(20-35)4-6-25/h3-11,14,19,29-30H,12-13,15-18,21-23H2,1-2H3,(H,36,39). The molecule has 1 saturated carbocycles. The molecular formula is C34H38N4O4. The van der Waals surface area contributed by atoms with Gasteiger partial charge in [-0.15, -0.1) is 0 Å². The number of nitrogens with one attached hydrogen (secondary N) is 1. The molecule has 3 aromatic carbocycles. The molecule has 1 saturated heterocycles. The summed E-state index contributed by atoms with van der Waals surface area (Å²) in [6, 6.07) is 23.3. The van der Waals surface area contributed by atoms with Gasteiger partial charge in [-0.1, -0.05) is 30.3 Å². The van der Waals surface area contributed by atoms with Gasteiger partial charge < -0.3 is 19.7 Å². The van der Waals surface area contributed by atoms with Crippen LogP contribution in [0.1, 0.15) is 58.3 Å². The molecule has 8 nitrogen and oxygen atoms in total. The third kappa shape index (κ3) is 7.29. The van der Waals surface area contributed by atoms with Gasteiger partial charge >= 0.3 is 0 Å². The maximum Gasteiger partial charge on any atom is 0.251 e. The Kier molecular flexibility index (Phi) is 9.40. The number of piperidine rings is 1. The maximum absolute atomic E-state index is 13.3. The SMILES string of the molecule is COc1ccc(CNC(=O)c2ccc(CN(C(=O)C3CC3)C3CCN(Cc4ccc(C#N)cc4)CC3)cc2)cc1OC. The third-order valence-electron chi connectivity index (χ3n) is 8.17. The number of nitrogens with zero attached hydrogens (tertiary/aromatic N) is 3. The van der Waals surface area contributed by atoms with Crippen molar-refractivity contribution in [1.29, 1.82) is 5.26 Å². The number of amides is 2. The zero-order valence-electron chi connectivity index (χ0n) is 24.3. The van der Waals surface area contributed by atoms with Crippen molar-refractivity contribution in [2.75, 3.05) is 27.3 Å². The summed E-state index contributed by atoms with van der Waals surface area (Å²) < 4.78 is 10.6.